The van der Waals surface area contributed by atoms with Gasteiger partial charge in [-0.2, -0.15) is 5.10 Å². The van der Waals surface area contributed by atoms with Crippen LogP contribution in [0.5, 0.6) is 5.75 Å². The Bertz CT molecular complexity index is 1900. The number of nitrogens with zero attached hydrogens (tertiary/aromatic N) is 4. The number of hydrogen-bond acceptors (Lipinski definition) is 7. The van der Waals surface area contributed by atoms with Crippen LogP contribution in [0, 0.1) is 16.0 Å². The largest absolute Gasteiger partial charge is 0.484 e. The van der Waals surface area contributed by atoms with Gasteiger partial charge in [0, 0.05) is 36.8 Å². The maximum atomic E-state index is 13.4. The van der Waals surface area contributed by atoms with Gasteiger partial charge in [-0.15, -0.1) is 0 Å². The van der Waals surface area contributed by atoms with Gasteiger partial charge in [-0.05, 0) is 47.9 Å². The lowest BCUT2D eigenvalue weighted by Crippen LogP contribution is -2.44. The van der Waals surface area contributed by atoms with Crippen LogP contribution in [0.15, 0.2) is 107 Å². The van der Waals surface area contributed by atoms with E-state index in [2.05, 4.69) is 9.82 Å². The molecule has 42 heavy (non-hydrogen) atoms. The molecule has 0 spiro atoms. The van der Waals surface area contributed by atoms with Crippen molar-refractivity contribution < 1.29 is 18.1 Å². The first-order chi connectivity index (χ1) is 20.0. The molecule has 2 heterocycles. The fraction of sp³-hybridized carbons (Fsp3) is 0.200. The molecular formula is C30H29N5O6S. The minimum atomic E-state index is -4.05. The number of nitro benzene ring substituents is 1. The molecule has 1 N–H and O–H groups in total. The smallest absolute Gasteiger partial charge is 0.269 e. The Balaban J connectivity index is 1.48. The zero-order chi connectivity index (χ0) is 30.0. The SMILES string of the molecule is CC(C)[C@H](NS(=O)(=O)c1ccc([N+](=O)[O-])cc1)[C@H](Oc1ccc2c(cnn2-c2ccc(=O)n(C)c2)c1)c1ccccc1. The highest BCUT2D eigenvalue weighted by molar-refractivity contribution is 7.89. The maximum Gasteiger partial charge on any atom is 0.269 e. The van der Waals surface area contributed by atoms with Gasteiger partial charge in [0.05, 0.1) is 33.3 Å². The summed E-state index contributed by atoms with van der Waals surface area (Å²) < 4.78 is 39.3. The van der Waals surface area contributed by atoms with Crippen molar-refractivity contribution in [3.8, 4) is 11.4 Å². The Kier molecular flexibility index (Phi) is 7.92. The number of non-ortho nitro benzene ring substituents is 1. The third kappa shape index (κ3) is 5.94. The lowest BCUT2D eigenvalue weighted by molar-refractivity contribution is -0.384. The van der Waals surface area contributed by atoms with E-state index in [-0.39, 0.29) is 22.1 Å². The molecular weight excluding hydrogens is 558 g/mol. The lowest BCUT2D eigenvalue weighted by Gasteiger charge is -2.31. The molecule has 0 amide bonds. The fourth-order valence-electron chi connectivity index (χ4n) is 4.67. The van der Waals surface area contributed by atoms with Gasteiger partial charge >= 0.3 is 0 Å². The van der Waals surface area contributed by atoms with Crippen LogP contribution in [0.4, 0.5) is 5.69 Å². The molecule has 0 radical (unpaired) electrons. The van der Waals surface area contributed by atoms with Crippen molar-refractivity contribution in [1.82, 2.24) is 19.1 Å². The number of rotatable bonds is 10. The molecule has 216 valence electrons. The summed E-state index contributed by atoms with van der Waals surface area (Å²) in [5.74, 6) is 0.316. The fourth-order valence-corrected chi connectivity index (χ4v) is 6.06. The number of hydrogen-bond donors (Lipinski definition) is 1. The molecule has 0 unspecified atom stereocenters. The molecule has 5 aromatic rings. The molecule has 0 aliphatic rings. The van der Waals surface area contributed by atoms with Gasteiger partial charge in [-0.1, -0.05) is 44.2 Å². The highest BCUT2D eigenvalue weighted by atomic mass is 32.2. The predicted octanol–water partition coefficient (Wildman–Crippen LogP) is 4.76. The minimum absolute atomic E-state index is 0.0854. The van der Waals surface area contributed by atoms with Gasteiger partial charge in [-0.3, -0.25) is 14.9 Å². The Morgan fingerprint density at radius 3 is 2.33 bits per heavy atom. The molecule has 0 aliphatic heterocycles. The van der Waals surface area contributed by atoms with E-state index in [0.29, 0.717) is 5.75 Å². The van der Waals surface area contributed by atoms with Crippen LogP contribution in [-0.2, 0) is 17.1 Å². The standard InChI is InChI=1S/C30H29N5O6S/c1-20(2)29(32-42(39,40)26-13-9-23(10-14-26)35(37)38)30(21-7-5-4-6-8-21)41-25-12-15-27-22(17-25)18-31-34(27)24-11-16-28(36)33(3)19-24/h4-20,29-30,32H,1-3H3/t29-,30+/m0/s1. The quantitative estimate of drug-likeness (QED) is 0.184. The van der Waals surface area contributed by atoms with Gasteiger partial charge in [0.2, 0.25) is 15.6 Å². The first-order valence-electron chi connectivity index (χ1n) is 13.2. The molecule has 11 nitrogen and oxygen atoms in total. The summed E-state index contributed by atoms with van der Waals surface area (Å²) in [4.78, 5) is 22.2. The summed E-state index contributed by atoms with van der Waals surface area (Å²) in [5, 5.41) is 16.3. The molecule has 12 heteroatoms. The van der Waals surface area contributed by atoms with Crippen molar-refractivity contribution in [2.75, 3.05) is 0 Å². The van der Waals surface area contributed by atoms with E-state index in [4.69, 9.17) is 4.74 Å². The Labute approximate surface area is 242 Å². The second-order valence-electron chi connectivity index (χ2n) is 10.2. The molecule has 3 aromatic carbocycles. The number of ether oxygens (including phenoxy) is 1. The highest BCUT2D eigenvalue weighted by Crippen LogP contribution is 2.32. The molecule has 0 saturated heterocycles. The highest BCUT2D eigenvalue weighted by Gasteiger charge is 2.33. The predicted molar refractivity (Wildman–Crippen MR) is 158 cm³/mol. The van der Waals surface area contributed by atoms with E-state index in [0.717, 1.165) is 34.3 Å². The number of sulfonamides is 1. The number of pyridine rings is 1. The van der Waals surface area contributed by atoms with E-state index in [1.165, 1.54) is 22.8 Å². The summed E-state index contributed by atoms with van der Waals surface area (Å²) in [5.41, 5.74) is 1.97. The van der Waals surface area contributed by atoms with E-state index in [1.54, 1.807) is 36.3 Å². The molecule has 0 aliphatic carbocycles. The van der Waals surface area contributed by atoms with Crippen LogP contribution in [-0.4, -0.2) is 33.7 Å². The Hall–Kier alpha value is -4.81. The molecule has 0 fully saturated rings. The van der Waals surface area contributed by atoms with Crippen LogP contribution in [0.3, 0.4) is 0 Å². The van der Waals surface area contributed by atoms with Crippen molar-refractivity contribution in [3.63, 3.8) is 0 Å². The van der Waals surface area contributed by atoms with E-state index < -0.39 is 27.1 Å². The van der Waals surface area contributed by atoms with Crippen molar-refractivity contribution in [1.29, 1.82) is 0 Å². The summed E-state index contributed by atoms with van der Waals surface area (Å²) >= 11 is 0. The van der Waals surface area contributed by atoms with E-state index in [1.807, 2.05) is 56.3 Å². The van der Waals surface area contributed by atoms with Crippen LogP contribution >= 0.6 is 0 Å². The molecule has 0 saturated carbocycles. The van der Waals surface area contributed by atoms with Crippen molar-refractivity contribution >= 4 is 26.6 Å². The number of fused-ring (bicyclic) bond motifs is 1. The first-order valence-corrected chi connectivity index (χ1v) is 14.6. The Morgan fingerprint density at radius 2 is 1.69 bits per heavy atom. The zero-order valence-electron chi connectivity index (χ0n) is 23.1. The third-order valence-corrected chi connectivity index (χ3v) is 8.41. The van der Waals surface area contributed by atoms with Gasteiger partial charge in [0.25, 0.3) is 5.69 Å². The van der Waals surface area contributed by atoms with Crippen molar-refractivity contribution in [2.24, 2.45) is 13.0 Å². The number of benzene rings is 3. The van der Waals surface area contributed by atoms with Crippen LogP contribution < -0.4 is 15.0 Å². The van der Waals surface area contributed by atoms with Gasteiger partial charge in [0.15, 0.2) is 0 Å². The summed E-state index contributed by atoms with van der Waals surface area (Å²) in [7, 11) is -2.38. The number of nitro groups is 1. The molecule has 2 aromatic heterocycles. The summed E-state index contributed by atoms with van der Waals surface area (Å²) in [6, 6.07) is 22.0. The molecule has 5 rings (SSSR count). The van der Waals surface area contributed by atoms with Gasteiger partial charge in [-0.25, -0.2) is 17.8 Å². The molecule has 0 bridgehead atoms. The molecule has 2 atom stereocenters. The number of aryl methyl sites for hydroxylation is 1. The van der Waals surface area contributed by atoms with Crippen LogP contribution in [0.25, 0.3) is 16.6 Å². The van der Waals surface area contributed by atoms with Crippen LogP contribution in [0.2, 0.25) is 0 Å². The van der Waals surface area contributed by atoms with E-state index >= 15 is 0 Å². The van der Waals surface area contributed by atoms with Gasteiger partial charge in [0.1, 0.15) is 11.9 Å². The normalized spacial score (nSPS) is 13.2. The van der Waals surface area contributed by atoms with Gasteiger partial charge < -0.3 is 9.30 Å². The van der Waals surface area contributed by atoms with Crippen molar-refractivity contribution in [2.45, 2.75) is 30.9 Å². The van der Waals surface area contributed by atoms with E-state index in [9.17, 15) is 23.3 Å². The summed E-state index contributed by atoms with van der Waals surface area (Å²) in [6.45, 7) is 3.78. The monoisotopic (exact) mass is 587 g/mol. The average molecular weight is 588 g/mol. The maximum absolute atomic E-state index is 13.4. The van der Waals surface area contributed by atoms with Crippen LogP contribution in [0.1, 0.15) is 25.5 Å². The number of aromatic nitrogens is 3. The second-order valence-corrected chi connectivity index (χ2v) is 11.9. The second kappa shape index (κ2) is 11.6. The topological polar surface area (TPSA) is 138 Å². The average Bonchev–Trinajstić information content (AvgIpc) is 3.40. The minimum Gasteiger partial charge on any atom is -0.484 e. The zero-order valence-corrected chi connectivity index (χ0v) is 23.9. The lowest BCUT2D eigenvalue weighted by atomic mass is 9.94. The summed E-state index contributed by atoms with van der Waals surface area (Å²) in [6.07, 6.45) is 2.69. The Morgan fingerprint density at radius 1 is 0.976 bits per heavy atom. The van der Waals surface area contributed by atoms with Crippen molar-refractivity contribution in [3.05, 3.63) is 123 Å². The number of nitrogens with one attached hydrogen (secondary N) is 1. The first kappa shape index (κ1) is 28.7. The third-order valence-electron chi connectivity index (χ3n) is 6.94.